The molecule has 0 bridgehead atoms. The van der Waals surface area contributed by atoms with Crippen molar-refractivity contribution in [2.75, 3.05) is 5.75 Å². The maximum Gasteiger partial charge on any atom is 0.266 e. The largest absolute Gasteiger partial charge is 0.391 e. The zero-order valence-electron chi connectivity index (χ0n) is 37.5. The number of unbranched alkanes of at least 4 members (excludes halogenated alkanes) is 36. The fourth-order valence-corrected chi connectivity index (χ4v) is 8.74. The molecule has 6 nitrogen and oxygen atoms in total. The number of aliphatic hydroxyl groups is 1. The highest BCUT2D eigenvalue weighted by Gasteiger charge is 2.26. The van der Waals surface area contributed by atoms with E-state index in [9.17, 15) is 22.9 Å². The van der Waals surface area contributed by atoms with E-state index in [2.05, 4.69) is 31.3 Å². The summed E-state index contributed by atoms with van der Waals surface area (Å²) in [4.78, 5) is 12.6. The number of aliphatic hydroxyl groups excluding tert-OH is 1. The van der Waals surface area contributed by atoms with Crippen molar-refractivity contribution in [1.82, 2.24) is 5.32 Å². The molecule has 0 aliphatic carbocycles. The van der Waals surface area contributed by atoms with Gasteiger partial charge in [-0.05, 0) is 38.5 Å². The van der Waals surface area contributed by atoms with E-state index in [0.29, 0.717) is 12.8 Å². The van der Waals surface area contributed by atoms with Gasteiger partial charge >= 0.3 is 0 Å². The molecule has 56 heavy (non-hydrogen) atoms. The first-order valence-electron chi connectivity index (χ1n) is 24.9. The highest BCUT2D eigenvalue weighted by molar-refractivity contribution is 7.85. The van der Waals surface area contributed by atoms with Gasteiger partial charge in [-0.3, -0.25) is 9.35 Å². The van der Waals surface area contributed by atoms with Crippen molar-refractivity contribution in [1.29, 1.82) is 0 Å². The summed E-state index contributed by atoms with van der Waals surface area (Å²) in [6.45, 7) is 4.55. The van der Waals surface area contributed by atoms with Crippen molar-refractivity contribution < 1.29 is 22.9 Å². The van der Waals surface area contributed by atoms with Gasteiger partial charge in [-0.1, -0.05) is 244 Å². The minimum atomic E-state index is -4.31. The molecular formula is C49H97NO5S. The minimum Gasteiger partial charge on any atom is -0.391 e. The van der Waals surface area contributed by atoms with Gasteiger partial charge in [-0.2, -0.15) is 8.42 Å². The Morgan fingerprint density at radius 2 is 0.750 bits per heavy atom. The van der Waals surface area contributed by atoms with E-state index < -0.39 is 28.0 Å². The van der Waals surface area contributed by atoms with Crippen LogP contribution in [0.4, 0.5) is 0 Å². The first-order valence-corrected chi connectivity index (χ1v) is 26.5. The number of allylic oxidation sites excluding steroid dienone is 2. The minimum absolute atomic E-state index is 0.241. The second-order valence-electron chi connectivity index (χ2n) is 17.5. The van der Waals surface area contributed by atoms with Crippen molar-refractivity contribution in [3.63, 3.8) is 0 Å². The lowest BCUT2D eigenvalue weighted by atomic mass is 10.0. The van der Waals surface area contributed by atoms with Crippen molar-refractivity contribution in [3.05, 3.63) is 12.2 Å². The molecule has 0 saturated heterocycles. The number of hydrogen-bond donors (Lipinski definition) is 3. The third-order valence-electron chi connectivity index (χ3n) is 11.7. The number of carbonyl (C=O) groups excluding carboxylic acids is 1. The molecule has 0 aromatic rings. The van der Waals surface area contributed by atoms with Crippen LogP contribution < -0.4 is 5.32 Å². The van der Waals surface area contributed by atoms with Gasteiger partial charge in [0.05, 0.1) is 17.9 Å². The standard InChI is InChI=1S/C49H97NO5S/c1-3-5-7-9-11-13-15-17-19-21-23-24-25-26-27-29-31-33-35-37-39-41-43-45-49(52)50-47(46-56(53,54)55)48(51)44-42-40-38-36-34-32-30-28-22-20-18-16-14-12-10-8-6-4-2/h21,23,47-48,51H,3-20,22,24-46H2,1-2H3,(H,50,52)(H,53,54,55)/b23-21-. The van der Waals surface area contributed by atoms with Crippen LogP contribution in [0.25, 0.3) is 0 Å². The topological polar surface area (TPSA) is 104 Å². The third kappa shape index (κ3) is 44.2. The van der Waals surface area contributed by atoms with Gasteiger partial charge in [0.15, 0.2) is 0 Å². The zero-order chi connectivity index (χ0) is 41.1. The summed E-state index contributed by atoms with van der Waals surface area (Å²) >= 11 is 0. The first-order chi connectivity index (χ1) is 27.3. The molecule has 0 rings (SSSR count). The quantitative estimate of drug-likeness (QED) is 0.0323. The maximum absolute atomic E-state index is 12.6. The third-order valence-corrected chi connectivity index (χ3v) is 12.5. The van der Waals surface area contributed by atoms with Gasteiger partial charge in [0.25, 0.3) is 10.1 Å². The fourth-order valence-electron chi connectivity index (χ4n) is 7.98. The Kier molecular flexibility index (Phi) is 42.9. The molecule has 334 valence electrons. The Balaban J connectivity index is 3.73. The van der Waals surface area contributed by atoms with Crippen LogP contribution in [0.5, 0.6) is 0 Å². The van der Waals surface area contributed by atoms with Gasteiger partial charge in [0.2, 0.25) is 5.91 Å². The predicted molar refractivity (Wildman–Crippen MR) is 244 cm³/mol. The molecule has 0 aromatic heterocycles. The summed E-state index contributed by atoms with van der Waals surface area (Å²) in [5.74, 6) is -0.885. The normalized spacial score (nSPS) is 13.1. The molecule has 0 heterocycles. The molecule has 0 saturated carbocycles. The number of hydrogen-bond acceptors (Lipinski definition) is 4. The summed E-state index contributed by atoms with van der Waals surface area (Å²) in [6, 6.07) is -0.968. The molecule has 3 N–H and O–H groups in total. The van der Waals surface area contributed by atoms with Crippen molar-refractivity contribution in [3.8, 4) is 0 Å². The SMILES string of the molecule is CCCCCCCCCC/C=C\CCCCCCCCCCCCCC(=O)NC(CS(=O)(=O)O)C(O)CCCCCCCCCCCCCCCCCCCC. The Labute approximate surface area is 350 Å². The van der Waals surface area contributed by atoms with Crippen LogP contribution in [0, 0.1) is 0 Å². The number of rotatable bonds is 46. The van der Waals surface area contributed by atoms with Crippen LogP contribution in [0.2, 0.25) is 0 Å². The highest BCUT2D eigenvalue weighted by atomic mass is 32.2. The Morgan fingerprint density at radius 3 is 1.07 bits per heavy atom. The first kappa shape index (κ1) is 55.1. The monoisotopic (exact) mass is 812 g/mol. The van der Waals surface area contributed by atoms with Crippen molar-refractivity contribution in [2.45, 2.75) is 289 Å². The van der Waals surface area contributed by atoms with E-state index in [1.807, 2.05) is 0 Å². The van der Waals surface area contributed by atoms with E-state index in [4.69, 9.17) is 0 Å². The summed E-state index contributed by atoms with van der Waals surface area (Å²) in [5.41, 5.74) is 0. The van der Waals surface area contributed by atoms with Crippen LogP contribution in [0.3, 0.4) is 0 Å². The smallest absolute Gasteiger partial charge is 0.266 e. The van der Waals surface area contributed by atoms with Crippen LogP contribution in [0.1, 0.15) is 277 Å². The van der Waals surface area contributed by atoms with Gasteiger partial charge in [0.1, 0.15) is 0 Å². The predicted octanol–water partition coefficient (Wildman–Crippen LogP) is 15.3. The maximum atomic E-state index is 12.6. The second kappa shape index (κ2) is 43.7. The Morgan fingerprint density at radius 1 is 0.464 bits per heavy atom. The Hall–Kier alpha value is -0.920. The number of amides is 1. The van der Waals surface area contributed by atoms with Gasteiger partial charge in [-0.25, -0.2) is 0 Å². The molecular weight excluding hydrogens is 715 g/mol. The second-order valence-corrected chi connectivity index (χ2v) is 18.9. The molecule has 0 aliphatic heterocycles. The van der Waals surface area contributed by atoms with Crippen molar-refractivity contribution >= 4 is 16.0 Å². The average Bonchev–Trinajstić information content (AvgIpc) is 3.16. The van der Waals surface area contributed by atoms with Crippen LogP contribution in [-0.2, 0) is 14.9 Å². The van der Waals surface area contributed by atoms with E-state index >= 15 is 0 Å². The summed E-state index contributed by atoms with van der Waals surface area (Å²) < 4.78 is 32.7. The molecule has 0 aliphatic rings. The van der Waals surface area contributed by atoms with E-state index in [1.54, 1.807) is 0 Å². The lowest BCUT2D eigenvalue weighted by Gasteiger charge is -2.23. The van der Waals surface area contributed by atoms with Gasteiger partial charge in [-0.15, -0.1) is 0 Å². The molecule has 2 atom stereocenters. The lowest BCUT2D eigenvalue weighted by molar-refractivity contribution is -0.122. The van der Waals surface area contributed by atoms with Gasteiger partial charge in [0, 0.05) is 6.42 Å². The van der Waals surface area contributed by atoms with Gasteiger partial charge < -0.3 is 10.4 Å². The zero-order valence-corrected chi connectivity index (χ0v) is 38.4. The molecule has 0 radical (unpaired) electrons. The van der Waals surface area contributed by atoms with E-state index in [-0.39, 0.29) is 5.91 Å². The Bertz CT molecular complexity index is 939. The molecule has 1 amide bonds. The van der Waals surface area contributed by atoms with Crippen LogP contribution in [0.15, 0.2) is 12.2 Å². The summed E-state index contributed by atoms with van der Waals surface area (Å²) in [6.07, 6.45) is 54.6. The van der Waals surface area contributed by atoms with Crippen LogP contribution >= 0.6 is 0 Å². The molecule has 0 spiro atoms. The van der Waals surface area contributed by atoms with Crippen molar-refractivity contribution in [2.24, 2.45) is 0 Å². The summed E-state index contributed by atoms with van der Waals surface area (Å²) in [5, 5.41) is 13.4. The lowest BCUT2D eigenvalue weighted by Crippen LogP contribution is -2.47. The highest BCUT2D eigenvalue weighted by Crippen LogP contribution is 2.17. The van der Waals surface area contributed by atoms with E-state index in [0.717, 1.165) is 38.5 Å². The number of nitrogens with one attached hydrogen (secondary N) is 1. The number of carbonyl (C=O) groups is 1. The molecule has 0 fully saturated rings. The molecule has 2 unspecified atom stereocenters. The molecule has 0 aromatic carbocycles. The average molecular weight is 812 g/mol. The molecule has 7 heteroatoms. The fraction of sp³-hybridized carbons (Fsp3) is 0.939. The van der Waals surface area contributed by atoms with Crippen LogP contribution in [-0.4, -0.2) is 41.9 Å². The van der Waals surface area contributed by atoms with E-state index in [1.165, 1.54) is 212 Å². The summed E-state index contributed by atoms with van der Waals surface area (Å²) in [7, 11) is -4.31.